The third kappa shape index (κ3) is 4.49. The number of rotatable bonds is 6. The summed E-state index contributed by atoms with van der Waals surface area (Å²) in [5.74, 6) is 0.639. The van der Waals surface area contributed by atoms with E-state index in [4.69, 9.17) is 4.74 Å². The zero-order valence-corrected chi connectivity index (χ0v) is 14.1. The van der Waals surface area contributed by atoms with Crippen molar-refractivity contribution in [1.82, 2.24) is 0 Å². The van der Waals surface area contributed by atoms with Crippen LogP contribution in [0, 0.1) is 6.92 Å². The van der Waals surface area contributed by atoms with Gasteiger partial charge in [0, 0.05) is 5.69 Å². The Hall–Kier alpha value is -2.49. The average Bonchev–Trinajstić information content (AvgIpc) is 2.55. The fourth-order valence-corrected chi connectivity index (χ4v) is 2.31. The van der Waals surface area contributed by atoms with Gasteiger partial charge in [0.2, 0.25) is 5.91 Å². The SMILES string of the molecule is CCc1ccc(NC(=O)[C@H](C)Nc2cc(C)ccc2OC)cc1. The Morgan fingerprint density at radius 2 is 1.87 bits per heavy atom. The molecule has 1 atom stereocenters. The minimum atomic E-state index is -0.378. The lowest BCUT2D eigenvalue weighted by Crippen LogP contribution is -2.32. The van der Waals surface area contributed by atoms with Gasteiger partial charge in [-0.1, -0.05) is 25.1 Å². The number of carbonyl (C=O) groups is 1. The van der Waals surface area contributed by atoms with E-state index in [9.17, 15) is 4.79 Å². The molecular weight excluding hydrogens is 288 g/mol. The summed E-state index contributed by atoms with van der Waals surface area (Å²) in [6.07, 6.45) is 0.985. The minimum Gasteiger partial charge on any atom is -0.495 e. The highest BCUT2D eigenvalue weighted by molar-refractivity contribution is 5.96. The summed E-state index contributed by atoms with van der Waals surface area (Å²) in [5.41, 5.74) is 3.98. The standard InChI is InChI=1S/C19H24N2O2/c1-5-15-7-9-16(10-8-15)21-19(22)14(3)20-17-12-13(2)6-11-18(17)23-4/h6-12,14,20H,5H2,1-4H3,(H,21,22)/t14-/m0/s1. The second-order valence-corrected chi connectivity index (χ2v) is 5.61. The van der Waals surface area contributed by atoms with Gasteiger partial charge in [0.25, 0.3) is 0 Å². The fraction of sp³-hybridized carbons (Fsp3) is 0.316. The van der Waals surface area contributed by atoms with E-state index in [0.717, 1.165) is 29.1 Å². The molecule has 0 bridgehead atoms. The molecule has 4 nitrogen and oxygen atoms in total. The topological polar surface area (TPSA) is 50.4 Å². The number of anilines is 2. The molecule has 2 rings (SSSR count). The Morgan fingerprint density at radius 1 is 1.17 bits per heavy atom. The number of carbonyl (C=O) groups excluding carboxylic acids is 1. The van der Waals surface area contributed by atoms with E-state index in [2.05, 4.69) is 17.6 Å². The quantitative estimate of drug-likeness (QED) is 0.847. The molecule has 0 unspecified atom stereocenters. The van der Waals surface area contributed by atoms with Gasteiger partial charge in [0.15, 0.2) is 0 Å². The van der Waals surface area contributed by atoms with E-state index in [1.807, 2.05) is 56.3 Å². The van der Waals surface area contributed by atoms with Crippen LogP contribution >= 0.6 is 0 Å². The number of aryl methyl sites for hydroxylation is 2. The molecule has 0 saturated carbocycles. The summed E-state index contributed by atoms with van der Waals surface area (Å²) in [7, 11) is 1.62. The Kier molecular flexibility index (Phi) is 5.63. The summed E-state index contributed by atoms with van der Waals surface area (Å²) in [6.45, 7) is 5.94. The van der Waals surface area contributed by atoms with Gasteiger partial charge in [0.05, 0.1) is 12.8 Å². The van der Waals surface area contributed by atoms with Crippen LogP contribution in [0.3, 0.4) is 0 Å². The van der Waals surface area contributed by atoms with Crippen molar-refractivity contribution < 1.29 is 9.53 Å². The molecule has 0 fully saturated rings. The summed E-state index contributed by atoms with van der Waals surface area (Å²) in [5, 5.41) is 6.13. The first-order valence-corrected chi connectivity index (χ1v) is 7.84. The summed E-state index contributed by atoms with van der Waals surface area (Å²) in [4.78, 5) is 12.3. The van der Waals surface area contributed by atoms with E-state index in [0.29, 0.717) is 0 Å². The second kappa shape index (κ2) is 7.68. The van der Waals surface area contributed by atoms with Crippen LogP contribution in [0.2, 0.25) is 0 Å². The Bertz CT molecular complexity index is 666. The molecule has 0 aliphatic carbocycles. The van der Waals surface area contributed by atoms with Crippen LogP contribution in [0.25, 0.3) is 0 Å². The van der Waals surface area contributed by atoms with E-state index >= 15 is 0 Å². The highest BCUT2D eigenvalue weighted by Crippen LogP contribution is 2.26. The van der Waals surface area contributed by atoms with Crippen molar-refractivity contribution >= 4 is 17.3 Å². The van der Waals surface area contributed by atoms with Gasteiger partial charge in [0.1, 0.15) is 11.8 Å². The number of hydrogen-bond acceptors (Lipinski definition) is 3. The predicted molar refractivity (Wildman–Crippen MR) is 95.3 cm³/mol. The number of ether oxygens (including phenoxy) is 1. The molecule has 122 valence electrons. The van der Waals surface area contributed by atoms with Crippen molar-refractivity contribution in [3.63, 3.8) is 0 Å². The van der Waals surface area contributed by atoms with Gasteiger partial charge in [-0.25, -0.2) is 0 Å². The van der Waals surface area contributed by atoms with E-state index in [-0.39, 0.29) is 11.9 Å². The molecule has 0 heterocycles. The van der Waals surface area contributed by atoms with Gasteiger partial charge >= 0.3 is 0 Å². The van der Waals surface area contributed by atoms with Crippen LogP contribution in [-0.4, -0.2) is 19.1 Å². The van der Waals surface area contributed by atoms with Crippen molar-refractivity contribution in [3.8, 4) is 5.75 Å². The lowest BCUT2D eigenvalue weighted by Gasteiger charge is -2.18. The van der Waals surface area contributed by atoms with Gasteiger partial charge in [-0.2, -0.15) is 0 Å². The third-order valence-electron chi connectivity index (χ3n) is 3.75. The normalized spacial score (nSPS) is 11.7. The molecule has 1 amide bonds. The van der Waals surface area contributed by atoms with E-state index in [1.165, 1.54) is 5.56 Å². The van der Waals surface area contributed by atoms with Crippen LogP contribution in [-0.2, 0) is 11.2 Å². The number of nitrogens with one attached hydrogen (secondary N) is 2. The maximum Gasteiger partial charge on any atom is 0.246 e. The number of hydrogen-bond donors (Lipinski definition) is 2. The largest absolute Gasteiger partial charge is 0.495 e. The minimum absolute atomic E-state index is 0.0854. The van der Waals surface area contributed by atoms with Gasteiger partial charge in [-0.05, 0) is 55.7 Å². The van der Waals surface area contributed by atoms with Crippen molar-refractivity contribution in [2.45, 2.75) is 33.2 Å². The third-order valence-corrected chi connectivity index (χ3v) is 3.75. The number of amides is 1. The first kappa shape index (κ1) is 16.9. The van der Waals surface area contributed by atoms with Gasteiger partial charge < -0.3 is 15.4 Å². The van der Waals surface area contributed by atoms with Crippen molar-refractivity contribution in [1.29, 1.82) is 0 Å². The Labute approximate surface area is 137 Å². The first-order valence-electron chi connectivity index (χ1n) is 7.84. The van der Waals surface area contributed by atoms with Gasteiger partial charge in [-0.15, -0.1) is 0 Å². The molecule has 0 aromatic heterocycles. The monoisotopic (exact) mass is 312 g/mol. The van der Waals surface area contributed by atoms with Crippen LogP contribution in [0.1, 0.15) is 25.0 Å². The van der Waals surface area contributed by atoms with Crippen LogP contribution in [0.5, 0.6) is 5.75 Å². The van der Waals surface area contributed by atoms with Crippen molar-refractivity contribution in [2.24, 2.45) is 0 Å². The molecule has 2 aromatic rings. The highest BCUT2D eigenvalue weighted by Gasteiger charge is 2.15. The molecule has 4 heteroatoms. The van der Waals surface area contributed by atoms with Crippen molar-refractivity contribution in [3.05, 3.63) is 53.6 Å². The van der Waals surface area contributed by atoms with Crippen molar-refractivity contribution in [2.75, 3.05) is 17.7 Å². The summed E-state index contributed by atoms with van der Waals surface area (Å²) < 4.78 is 5.33. The first-order chi connectivity index (χ1) is 11.0. The molecule has 23 heavy (non-hydrogen) atoms. The molecule has 0 saturated heterocycles. The predicted octanol–water partition coefficient (Wildman–Crippen LogP) is 4.01. The Morgan fingerprint density at radius 3 is 2.48 bits per heavy atom. The molecule has 2 aromatic carbocycles. The molecule has 0 spiro atoms. The molecule has 2 N–H and O–H groups in total. The second-order valence-electron chi connectivity index (χ2n) is 5.61. The van der Waals surface area contributed by atoms with Crippen LogP contribution in [0.15, 0.2) is 42.5 Å². The van der Waals surface area contributed by atoms with Gasteiger partial charge in [-0.3, -0.25) is 4.79 Å². The average molecular weight is 312 g/mol. The summed E-state index contributed by atoms with van der Waals surface area (Å²) in [6, 6.07) is 13.4. The molecular formula is C19H24N2O2. The number of benzene rings is 2. The molecule has 0 radical (unpaired) electrons. The lowest BCUT2D eigenvalue weighted by molar-refractivity contribution is -0.116. The summed E-state index contributed by atoms with van der Waals surface area (Å²) >= 11 is 0. The molecule has 0 aliphatic rings. The van der Waals surface area contributed by atoms with Crippen LogP contribution in [0.4, 0.5) is 11.4 Å². The van der Waals surface area contributed by atoms with E-state index < -0.39 is 0 Å². The maximum absolute atomic E-state index is 12.3. The number of methoxy groups -OCH3 is 1. The molecule has 0 aliphatic heterocycles. The van der Waals surface area contributed by atoms with E-state index in [1.54, 1.807) is 7.11 Å². The lowest BCUT2D eigenvalue weighted by atomic mass is 10.1. The zero-order chi connectivity index (χ0) is 16.8. The zero-order valence-electron chi connectivity index (χ0n) is 14.1. The van der Waals surface area contributed by atoms with Crippen LogP contribution < -0.4 is 15.4 Å². The maximum atomic E-state index is 12.3. The smallest absolute Gasteiger partial charge is 0.246 e. The highest BCUT2D eigenvalue weighted by atomic mass is 16.5. The fourth-order valence-electron chi connectivity index (χ4n) is 2.31. The Balaban J connectivity index is 2.03.